The molecule has 0 unspecified atom stereocenters. The molecule has 1 aliphatic carbocycles. The van der Waals surface area contributed by atoms with Crippen LogP contribution in [0.15, 0.2) is 6.20 Å². The number of morpholine rings is 1. The normalized spacial score (nSPS) is 19.7. The Morgan fingerprint density at radius 2 is 1.94 bits per heavy atom. The van der Waals surface area contributed by atoms with Gasteiger partial charge in [-0.05, 0) is 47.0 Å². The lowest BCUT2D eigenvalue weighted by Crippen LogP contribution is -2.45. The molecule has 9 nitrogen and oxygen atoms in total. The molecule has 0 aromatic carbocycles. The second-order valence-electron chi connectivity index (χ2n) is 9.99. The van der Waals surface area contributed by atoms with Crippen LogP contribution in [-0.4, -0.2) is 78.4 Å². The Bertz CT molecular complexity index is 928. The molecular formula is C27H43N5O4. The largest absolute Gasteiger partial charge is 0.444 e. The quantitative estimate of drug-likeness (QED) is 0.630. The van der Waals surface area contributed by atoms with Gasteiger partial charge in [0.05, 0.1) is 18.8 Å². The highest BCUT2D eigenvalue weighted by molar-refractivity contribution is 5.82. The van der Waals surface area contributed by atoms with Crippen molar-refractivity contribution >= 4 is 17.8 Å². The maximum atomic E-state index is 12.5. The number of nitrogens with zero attached hydrogens (tertiary/aromatic N) is 4. The van der Waals surface area contributed by atoms with Gasteiger partial charge in [-0.3, -0.25) is 4.79 Å². The summed E-state index contributed by atoms with van der Waals surface area (Å²) in [6, 6.07) is 0.0422. The second kappa shape index (κ2) is 14.0. The smallest absolute Gasteiger partial charge is 0.410 e. The summed E-state index contributed by atoms with van der Waals surface area (Å²) < 4.78 is 10.8. The Kier molecular flexibility index (Phi) is 11.4. The monoisotopic (exact) mass is 501 g/mol. The maximum Gasteiger partial charge on any atom is 0.410 e. The van der Waals surface area contributed by atoms with Crippen LogP contribution in [0.25, 0.3) is 0 Å². The molecule has 36 heavy (non-hydrogen) atoms. The number of aryl methyl sites for hydroxylation is 1. The third kappa shape index (κ3) is 9.65. The Labute approximate surface area is 216 Å². The number of hydrogen-bond donors (Lipinski definition) is 1. The van der Waals surface area contributed by atoms with E-state index in [1.54, 1.807) is 34.0 Å². The SMILES string of the molecule is CC.Cc1ncc(C#C[C@@H]2CCC[C@H](NC(=O)CN(C)C(=O)OC(C)(C)C)C2)c(N2CCOCC2)n1. The Morgan fingerprint density at radius 1 is 1.25 bits per heavy atom. The summed E-state index contributed by atoms with van der Waals surface area (Å²) in [4.78, 5) is 37.1. The van der Waals surface area contributed by atoms with E-state index < -0.39 is 11.7 Å². The van der Waals surface area contributed by atoms with Crippen molar-refractivity contribution in [2.24, 2.45) is 5.92 Å². The molecule has 2 aliphatic rings. The van der Waals surface area contributed by atoms with Gasteiger partial charge in [-0.1, -0.05) is 32.1 Å². The molecule has 1 aromatic heterocycles. The molecule has 0 radical (unpaired) electrons. The van der Waals surface area contributed by atoms with E-state index in [0.717, 1.165) is 56.0 Å². The number of rotatable bonds is 4. The van der Waals surface area contributed by atoms with E-state index in [-0.39, 0.29) is 24.4 Å². The molecule has 2 amide bonds. The summed E-state index contributed by atoms with van der Waals surface area (Å²) in [5.74, 6) is 8.30. The van der Waals surface area contributed by atoms with Gasteiger partial charge in [0.2, 0.25) is 5.91 Å². The standard InChI is InChI=1S/C25H37N5O4.C2H6/c1-18-26-16-20(23(27-18)30-11-13-33-14-12-30)10-9-19-7-6-8-21(15-19)28-22(31)17-29(5)24(32)34-25(2,3)4;1-2/h16,19,21H,6-8,11-15,17H2,1-5H3,(H,28,31);1-2H3/t19-,21-;/m0./s1. The predicted molar refractivity (Wildman–Crippen MR) is 141 cm³/mol. The van der Waals surface area contributed by atoms with E-state index in [9.17, 15) is 9.59 Å². The molecule has 2 atom stereocenters. The Morgan fingerprint density at radius 3 is 2.61 bits per heavy atom. The number of carbonyl (C=O) groups excluding carboxylic acids is 2. The van der Waals surface area contributed by atoms with Crippen molar-refractivity contribution in [3.05, 3.63) is 17.6 Å². The first-order valence-electron chi connectivity index (χ1n) is 13.0. The van der Waals surface area contributed by atoms with Crippen LogP contribution in [-0.2, 0) is 14.3 Å². The van der Waals surface area contributed by atoms with Crippen molar-refractivity contribution in [1.29, 1.82) is 0 Å². The van der Waals surface area contributed by atoms with E-state index in [1.165, 1.54) is 4.90 Å². The molecular weight excluding hydrogens is 458 g/mol. The van der Waals surface area contributed by atoms with Crippen molar-refractivity contribution in [2.75, 3.05) is 44.8 Å². The molecule has 1 saturated carbocycles. The summed E-state index contributed by atoms with van der Waals surface area (Å²) >= 11 is 0. The van der Waals surface area contributed by atoms with Crippen LogP contribution in [0.4, 0.5) is 10.6 Å². The van der Waals surface area contributed by atoms with Gasteiger partial charge in [0.25, 0.3) is 0 Å². The fourth-order valence-corrected chi connectivity index (χ4v) is 4.09. The molecule has 1 aromatic rings. The predicted octanol–water partition coefficient (Wildman–Crippen LogP) is 3.54. The summed E-state index contributed by atoms with van der Waals surface area (Å²) in [5, 5.41) is 3.06. The highest BCUT2D eigenvalue weighted by Crippen LogP contribution is 2.25. The summed E-state index contributed by atoms with van der Waals surface area (Å²) in [6.45, 7) is 14.2. The van der Waals surface area contributed by atoms with Crippen molar-refractivity contribution in [2.45, 2.75) is 78.9 Å². The number of aromatic nitrogens is 2. The number of carbonyl (C=O) groups is 2. The van der Waals surface area contributed by atoms with Gasteiger partial charge in [0, 0.05) is 38.3 Å². The lowest BCUT2D eigenvalue weighted by molar-refractivity contribution is -0.123. The first kappa shape index (κ1) is 29.4. The number of anilines is 1. The zero-order chi connectivity index (χ0) is 26.7. The van der Waals surface area contributed by atoms with Gasteiger partial charge in [0.1, 0.15) is 23.8 Å². The fraction of sp³-hybridized carbons (Fsp3) is 0.704. The van der Waals surface area contributed by atoms with E-state index in [1.807, 2.05) is 20.8 Å². The number of nitrogens with one attached hydrogen (secondary N) is 1. The molecule has 0 bridgehead atoms. The summed E-state index contributed by atoms with van der Waals surface area (Å²) in [6.07, 6.45) is 4.98. The minimum Gasteiger partial charge on any atom is -0.444 e. The number of ether oxygens (including phenoxy) is 2. The van der Waals surface area contributed by atoms with Gasteiger partial charge < -0.3 is 24.6 Å². The molecule has 2 fully saturated rings. The molecule has 9 heteroatoms. The fourth-order valence-electron chi connectivity index (χ4n) is 4.09. The van der Waals surface area contributed by atoms with Crippen LogP contribution in [0.3, 0.4) is 0 Å². The van der Waals surface area contributed by atoms with E-state index >= 15 is 0 Å². The van der Waals surface area contributed by atoms with Crippen LogP contribution in [0.2, 0.25) is 0 Å². The molecule has 200 valence electrons. The minimum absolute atomic E-state index is 0.0363. The molecule has 1 N–H and O–H groups in total. The number of likely N-dealkylation sites (N-methyl/N-ethyl adjacent to an activating group) is 1. The van der Waals surface area contributed by atoms with E-state index in [4.69, 9.17) is 9.47 Å². The van der Waals surface area contributed by atoms with Gasteiger partial charge >= 0.3 is 6.09 Å². The minimum atomic E-state index is -0.596. The molecule has 3 rings (SSSR count). The first-order valence-corrected chi connectivity index (χ1v) is 13.0. The molecule has 1 aliphatic heterocycles. The van der Waals surface area contributed by atoms with E-state index in [0.29, 0.717) is 13.2 Å². The third-order valence-electron chi connectivity index (χ3n) is 5.74. The molecule has 2 heterocycles. The van der Waals surface area contributed by atoms with Crippen LogP contribution in [0.1, 0.15) is 71.7 Å². The van der Waals surface area contributed by atoms with Crippen molar-refractivity contribution < 1.29 is 19.1 Å². The highest BCUT2D eigenvalue weighted by atomic mass is 16.6. The van der Waals surface area contributed by atoms with Crippen molar-refractivity contribution in [3.63, 3.8) is 0 Å². The first-order chi connectivity index (χ1) is 17.1. The van der Waals surface area contributed by atoms with Crippen LogP contribution >= 0.6 is 0 Å². The van der Waals surface area contributed by atoms with Gasteiger partial charge in [-0.2, -0.15) is 0 Å². The van der Waals surface area contributed by atoms with Gasteiger partial charge in [-0.25, -0.2) is 14.8 Å². The number of amides is 2. The maximum absolute atomic E-state index is 12.5. The van der Waals surface area contributed by atoms with Gasteiger partial charge in [-0.15, -0.1) is 0 Å². The Balaban J connectivity index is 0.00000222. The molecule has 1 saturated heterocycles. The van der Waals surface area contributed by atoms with Crippen LogP contribution in [0, 0.1) is 24.7 Å². The van der Waals surface area contributed by atoms with Crippen molar-refractivity contribution in [3.8, 4) is 11.8 Å². The van der Waals surface area contributed by atoms with Crippen molar-refractivity contribution in [1.82, 2.24) is 20.2 Å². The zero-order valence-electron chi connectivity index (χ0n) is 23.0. The third-order valence-corrected chi connectivity index (χ3v) is 5.74. The summed E-state index contributed by atoms with van der Waals surface area (Å²) in [7, 11) is 1.57. The lowest BCUT2D eigenvalue weighted by atomic mass is 9.86. The van der Waals surface area contributed by atoms with Crippen LogP contribution < -0.4 is 10.2 Å². The average Bonchev–Trinajstić information content (AvgIpc) is 2.84. The number of hydrogen-bond acceptors (Lipinski definition) is 7. The second-order valence-corrected chi connectivity index (χ2v) is 9.99. The van der Waals surface area contributed by atoms with Crippen LogP contribution in [0.5, 0.6) is 0 Å². The summed E-state index contributed by atoms with van der Waals surface area (Å²) in [5.41, 5.74) is 0.235. The zero-order valence-corrected chi connectivity index (χ0v) is 23.0. The average molecular weight is 502 g/mol. The topological polar surface area (TPSA) is 96.9 Å². The molecule has 0 spiro atoms. The highest BCUT2D eigenvalue weighted by Gasteiger charge is 2.25. The van der Waals surface area contributed by atoms with E-state index in [2.05, 4.69) is 32.0 Å². The van der Waals surface area contributed by atoms with Gasteiger partial charge in [0.15, 0.2) is 0 Å². The Hall–Kier alpha value is -2.86. The lowest BCUT2D eigenvalue weighted by Gasteiger charge is -2.29.